The molecule has 86 valence electrons. The van der Waals surface area contributed by atoms with Gasteiger partial charge in [-0.05, 0) is 39.7 Å². The van der Waals surface area contributed by atoms with Gasteiger partial charge in [0.05, 0.1) is 4.90 Å². The zero-order valence-corrected chi connectivity index (χ0v) is 10.9. The summed E-state index contributed by atoms with van der Waals surface area (Å²) in [7, 11) is 1.38. The molecule has 0 fully saturated rings. The highest BCUT2D eigenvalue weighted by molar-refractivity contribution is 9.10. The Morgan fingerprint density at radius 2 is 2.06 bits per heavy atom. The molecule has 0 radical (unpaired) electrons. The molecule has 0 aliphatic heterocycles. The van der Waals surface area contributed by atoms with E-state index in [9.17, 15) is 13.2 Å². The van der Waals surface area contributed by atoms with E-state index in [-0.39, 0.29) is 9.37 Å². The third-order valence-corrected chi connectivity index (χ3v) is 3.94. The highest BCUT2D eigenvalue weighted by atomic mass is 79.9. The van der Waals surface area contributed by atoms with Gasteiger partial charge in [0, 0.05) is 21.2 Å². The highest BCUT2D eigenvalue weighted by Crippen LogP contribution is 2.26. The maximum Gasteiger partial charge on any atom is 0.328 e. The van der Waals surface area contributed by atoms with Crippen LogP contribution in [0, 0.1) is 0 Å². The van der Waals surface area contributed by atoms with Gasteiger partial charge in [0.2, 0.25) is 0 Å². The van der Waals surface area contributed by atoms with E-state index >= 15 is 0 Å². The second-order valence-corrected chi connectivity index (χ2v) is 6.19. The lowest BCUT2D eigenvalue weighted by Crippen LogP contribution is -1.92. The molecule has 7 heteroatoms. The summed E-state index contributed by atoms with van der Waals surface area (Å²) in [5.41, 5.74) is 0.554. The Balaban J connectivity index is 3.15. The summed E-state index contributed by atoms with van der Waals surface area (Å²) in [4.78, 5) is 10.2. The average molecular weight is 326 g/mol. The maximum atomic E-state index is 11.1. The summed E-state index contributed by atoms with van der Waals surface area (Å²) in [6, 6.07) is 4.22. The van der Waals surface area contributed by atoms with Crippen LogP contribution in [0.3, 0.4) is 0 Å². The highest BCUT2D eigenvalue weighted by Gasteiger charge is 2.13. The molecule has 0 spiro atoms. The van der Waals surface area contributed by atoms with Crippen LogP contribution in [-0.4, -0.2) is 19.5 Å². The van der Waals surface area contributed by atoms with Crippen molar-refractivity contribution in [2.24, 2.45) is 0 Å². The standard InChI is InChI=1S/C9H6BrClO4S/c10-7-5-6(2-4-9(12)13)1-3-8(7)16(11,14)15/h1-5H,(H,12,13)/b4-2+. The fourth-order valence-corrected chi connectivity index (χ4v) is 3.23. The van der Waals surface area contributed by atoms with Gasteiger partial charge in [0.15, 0.2) is 0 Å². The smallest absolute Gasteiger partial charge is 0.328 e. The Labute approximate surface area is 105 Å². The van der Waals surface area contributed by atoms with E-state index in [2.05, 4.69) is 15.9 Å². The number of carboxylic acids is 1. The van der Waals surface area contributed by atoms with Crippen molar-refractivity contribution in [3.05, 3.63) is 34.3 Å². The lowest BCUT2D eigenvalue weighted by molar-refractivity contribution is -0.131. The fraction of sp³-hybridized carbons (Fsp3) is 0. The van der Waals surface area contributed by atoms with E-state index in [1.165, 1.54) is 24.3 Å². The molecule has 0 saturated heterocycles. The first-order valence-corrected chi connectivity index (χ1v) is 7.06. The number of carboxylic acid groups (broad SMARTS) is 1. The van der Waals surface area contributed by atoms with Crippen LogP contribution in [0.25, 0.3) is 6.08 Å². The number of hydrogen-bond acceptors (Lipinski definition) is 3. The van der Waals surface area contributed by atoms with Gasteiger partial charge in [-0.25, -0.2) is 13.2 Å². The molecule has 1 aromatic rings. The molecule has 0 aliphatic carbocycles. The van der Waals surface area contributed by atoms with Crippen LogP contribution in [0.2, 0.25) is 0 Å². The normalized spacial score (nSPS) is 11.9. The van der Waals surface area contributed by atoms with Crippen molar-refractivity contribution in [3.63, 3.8) is 0 Å². The van der Waals surface area contributed by atoms with Crippen molar-refractivity contribution in [1.29, 1.82) is 0 Å². The molecule has 0 bridgehead atoms. The Bertz CT molecular complexity index is 551. The molecular weight excluding hydrogens is 320 g/mol. The molecule has 0 aromatic heterocycles. The molecule has 0 aliphatic rings. The second kappa shape index (κ2) is 4.99. The monoisotopic (exact) mass is 324 g/mol. The summed E-state index contributed by atoms with van der Waals surface area (Å²) >= 11 is 3.05. The minimum Gasteiger partial charge on any atom is -0.478 e. The third kappa shape index (κ3) is 3.62. The Morgan fingerprint density at radius 3 is 2.50 bits per heavy atom. The van der Waals surface area contributed by atoms with Crippen LogP contribution in [-0.2, 0) is 13.8 Å². The minimum absolute atomic E-state index is 0.0540. The number of carbonyl (C=O) groups is 1. The topological polar surface area (TPSA) is 71.4 Å². The summed E-state index contributed by atoms with van der Waals surface area (Å²) in [5.74, 6) is -1.08. The molecule has 1 aromatic carbocycles. The van der Waals surface area contributed by atoms with Crippen LogP contribution in [0.1, 0.15) is 5.56 Å². The molecule has 1 rings (SSSR count). The van der Waals surface area contributed by atoms with Crippen LogP contribution in [0.5, 0.6) is 0 Å². The van der Waals surface area contributed by atoms with Crippen molar-refractivity contribution in [3.8, 4) is 0 Å². The molecule has 4 nitrogen and oxygen atoms in total. The van der Waals surface area contributed by atoms with Crippen LogP contribution in [0.4, 0.5) is 0 Å². The van der Waals surface area contributed by atoms with E-state index < -0.39 is 15.0 Å². The van der Waals surface area contributed by atoms with Gasteiger partial charge in [0.25, 0.3) is 9.05 Å². The number of benzene rings is 1. The van der Waals surface area contributed by atoms with E-state index in [0.29, 0.717) is 5.56 Å². The number of hydrogen-bond donors (Lipinski definition) is 1. The Morgan fingerprint density at radius 1 is 1.44 bits per heavy atom. The first kappa shape index (κ1) is 13.2. The SMILES string of the molecule is O=C(O)/C=C/c1ccc(S(=O)(=O)Cl)c(Br)c1. The van der Waals surface area contributed by atoms with E-state index in [1.54, 1.807) is 0 Å². The van der Waals surface area contributed by atoms with E-state index in [1.807, 2.05) is 0 Å². The van der Waals surface area contributed by atoms with Crippen molar-refractivity contribution < 1.29 is 18.3 Å². The van der Waals surface area contributed by atoms with Gasteiger partial charge in [-0.15, -0.1) is 0 Å². The predicted molar refractivity (Wildman–Crippen MR) is 63.9 cm³/mol. The maximum absolute atomic E-state index is 11.1. The molecule has 0 saturated carbocycles. The second-order valence-electron chi connectivity index (χ2n) is 2.80. The van der Waals surface area contributed by atoms with Crippen LogP contribution in [0.15, 0.2) is 33.6 Å². The molecule has 0 amide bonds. The van der Waals surface area contributed by atoms with Crippen molar-refractivity contribution in [2.75, 3.05) is 0 Å². The van der Waals surface area contributed by atoms with Gasteiger partial charge >= 0.3 is 5.97 Å². The number of rotatable bonds is 3. The predicted octanol–water partition coefficient (Wildman–Crippen LogP) is 2.47. The molecule has 16 heavy (non-hydrogen) atoms. The summed E-state index contributed by atoms with van der Waals surface area (Å²) in [5, 5.41) is 8.41. The first-order chi connectivity index (χ1) is 7.30. The molecule has 0 atom stereocenters. The summed E-state index contributed by atoms with van der Waals surface area (Å²) < 4.78 is 22.4. The van der Waals surface area contributed by atoms with Gasteiger partial charge in [-0.1, -0.05) is 6.07 Å². The van der Waals surface area contributed by atoms with Gasteiger partial charge in [-0.2, -0.15) is 0 Å². The Hall–Kier alpha value is -0.850. The first-order valence-electron chi connectivity index (χ1n) is 3.96. The zero-order valence-electron chi connectivity index (χ0n) is 7.72. The lowest BCUT2D eigenvalue weighted by atomic mass is 10.2. The molecule has 0 unspecified atom stereocenters. The molecule has 0 heterocycles. The summed E-state index contributed by atoms with van der Waals surface area (Å²) in [6.45, 7) is 0. The molecular formula is C9H6BrClO4S. The minimum atomic E-state index is -3.80. The zero-order chi connectivity index (χ0) is 12.3. The summed E-state index contributed by atoms with van der Waals surface area (Å²) in [6.07, 6.45) is 2.30. The Kier molecular flexibility index (Phi) is 4.12. The van der Waals surface area contributed by atoms with Crippen molar-refractivity contribution in [1.82, 2.24) is 0 Å². The van der Waals surface area contributed by atoms with E-state index in [0.717, 1.165) is 6.08 Å². The van der Waals surface area contributed by atoms with Gasteiger partial charge in [-0.3, -0.25) is 0 Å². The lowest BCUT2D eigenvalue weighted by Gasteiger charge is -2.01. The van der Waals surface area contributed by atoms with Crippen molar-refractivity contribution >= 4 is 47.7 Å². The van der Waals surface area contributed by atoms with Crippen LogP contribution < -0.4 is 0 Å². The quantitative estimate of drug-likeness (QED) is 0.684. The third-order valence-electron chi connectivity index (χ3n) is 1.64. The largest absolute Gasteiger partial charge is 0.478 e. The van der Waals surface area contributed by atoms with Crippen molar-refractivity contribution in [2.45, 2.75) is 4.90 Å². The molecule has 1 N–H and O–H groups in total. The fourth-order valence-electron chi connectivity index (χ4n) is 0.986. The van der Waals surface area contributed by atoms with Gasteiger partial charge < -0.3 is 5.11 Å². The van der Waals surface area contributed by atoms with E-state index in [4.69, 9.17) is 15.8 Å². The van der Waals surface area contributed by atoms with Gasteiger partial charge in [0.1, 0.15) is 0 Å². The average Bonchev–Trinajstić information content (AvgIpc) is 2.12. The van der Waals surface area contributed by atoms with Crippen LogP contribution >= 0.6 is 26.6 Å². The number of aliphatic carboxylic acids is 1. The number of halogens is 2.